The van der Waals surface area contributed by atoms with Gasteiger partial charge in [0.25, 0.3) is 0 Å². The fourth-order valence-electron chi connectivity index (χ4n) is 1.89. The van der Waals surface area contributed by atoms with Gasteiger partial charge in [0, 0.05) is 26.2 Å². The lowest BCUT2D eigenvalue weighted by Gasteiger charge is -2.20. The second-order valence-electron chi connectivity index (χ2n) is 4.27. The summed E-state index contributed by atoms with van der Waals surface area (Å²) in [6.07, 6.45) is 1.53. The first-order chi connectivity index (χ1) is 7.56. The van der Waals surface area contributed by atoms with Gasteiger partial charge in [-0.25, -0.2) is 0 Å². The highest BCUT2D eigenvalue weighted by molar-refractivity contribution is 5.78. The molecule has 5 nitrogen and oxygen atoms in total. The van der Waals surface area contributed by atoms with Gasteiger partial charge in [-0.2, -0.15) is 0 Å². The number of carbonyl (C=O) groups is 1. The molecule has 0 saturated carbocycles. The number of rotatable bonds is 6. The summed E-state index contributed by atoms with van der Waals surface area (Å²) in [5.74, 6) is -0.420. The van der Waals surface area contributed by atoms with Crippen molar-refractivity contribution in [2.75, 3.05) is 26.2 Å². The molecule has 0 aromatic rings. The van der Waals surface area contributed by atoms with Gasteiger partial charge in [0.15, 0.2) is 5.96 Å². The number of likely N-dealkylation sites (N-methyl/N-ethyl adjacent to an activating group) is 1. The fraction of sp³-hybridized carbons (Fsp3) is 0.818. The minimum absolute atomic E-state index is 0.279. The van der Waals surface area contributed by atoms with Crippen LogP contribution in [0.2, 0.25) is 0 Å². The van der Waals surface area contributed by atoms with Crippen LogP contribution in [0.15, 0.2) is 0 Å². The molecule has 0 radical (unpaired) electrons. The van der Waals surface area contributed by atoms with Crippen molar-refractivity contribution in [1.82, 2.24) is 9.80 Å². The largest absolute Gasteiger partial charge is 0.481 e. The van der Waals surface area contributed by atoms with Gasteiger partial charge in [-0.15, -0.1) is 0 Å². The Morgan fingerprint density at radius 2 is 2.12 bits per heavy atom. The molecule has 5 heteroatoms. The van der Waals surface area contributed by atoms with E-state index in [-0.39, 0.29) is 5.92 Å². The standard InChI is InChI=1S/C11H21N3O2/c1-3-13-7-8-14(11(13)12)6-4-5-9(2)10(15)16/h9,12H,3-8H2,1-2H3,(H,15,16)/t9-/m0/s1. The lowest BCUT2D eigenvalue weighted by atomic mass is 10.1. The Morgan fingerprint density at radius 1 is 1.50 bits per heavy atom. The maximum Gasteiger partial charge on any atom is 0.306 e. The molecule has 0 unspecified atom stereocenters. The Hall–Kier alpha value is -1.26. The first-order valence-corrected chi connectivity index (χ1v) is 5.87. The van der Waals surface area contributed by atoms with Gasteiger partial charge in [0.1, 0.15) is 0 Å². The second kappa shape index (κ2) is 5.72. The van der Waals surface area contributed by atoms with Gasteiger partial charge < -0.3 is 14.9 Å². The zero-order valence-corrected chi connectivity index (χ0v) is 10.1. The van der Waals surface area contributed by atoms with Crippen LogP contribution >= 0.6 is 0 Å². The van der Waals surface area contributed by atoms with E-state index < -0.39 is 5.97 Å². The molecule has 1 aliphatic heterocycles. The van der Waals surface area contributed by atoms with E-state index in [1.54, 1.807) is 6.92 Å². The predicted octanol–water partition coefficient (Wildman–Crippen LogP) is 1.06. The van der Waals surface area contributed by atoms with E-state index in [0.29, 0.717) is 12.4 Å². The first-order valence-electron chi connectivity index (χ1n) is 5.87. The zero-order chi connectivity index (χ0) is 12.1. The van der Waals surface area contributed by atoms with Crippen molar-refractivity contribution < 1.29 is 9.90 Å². The zero-order valence-electron chi connectivity index (χ0n) is 10.1. The quantitative estimate of drug-likeness (QED) is 0.712. The fourth-order valence-corrected chi connectivity index (χ4v) is 1.89. The van der Waals surface area contributed by atoms with Gasteiger partial charge in [-0.1, -0.05) is 6.92 Å². The molecule has 1 saturated heterocycles. The molecule has 0 bridgehead atoms. The number of aliphatic carboxylic acids is 1. The van der Waals surface area contributed by atoms with Crippen molar-refractivity contribution in [1.29, 1.82) is 5.41 Å². The van der Waals surface area contributed by atoms with Gasteiger partial charge in [-0.3, -0.25) is 10.2 Å². The minimum Gasteiger partial charge on any atom is -0.481 e. The van der Waals surface area contributed by atoms with Crippen molar-refractivity contribution in [3.8, 4) is 0 Å². The Bertz CT molecular complexity index is 268. The summed E-state index contributed by atoms with van der Waals surface area (Å²) in [6, 6.07) is 0. The van der Waals surface area contributed by atoms with Crippen LogP contribution in [-0.4, -0.2) is 53.0 Å². The van der Waals surface area contributed by atoms with Crippen LogP contribution in [0.3, 0.4) is 0 Å². The van der Waals surface area contributed by atoms with Crippen molar-refractivity contribution in [3.05, 3.63) is 0 Å². The van der Waals surface area contributed by atoms with Crippen LogP contribution in [0.4, 0.5) is 0 Å². The molecule has 1 atom stereocenters. The third kappa shape index (κ3) is 3.12. The van der Waals surface area contributed by atoms with Crippen LogP contribution in [0.1, 0.15) is 26.7 Å². The van der Waals surface area contributed by atoms with E-state index in [1.807, 2.05) is 16.7 Å². The third-order valence-electron chi connectivity index (χ3n) is 3.11. The molecule has 0 aliphatic carbocycles. The van der Waals surface area contributed by atoms with Gasteiger partial charge in [-0.05, 0) is 19.8 Å². The average molecular weight is 227 g/mol. The molecular weight excluding hydrogens is 206 g/mol. The molecule has 92 valence electrons. The maximum absolute atomic E-state index is 10.6. The van der Waals surface area contributed by atoms with Crippen LogP contribution < -0.4 is 0 Å². The highest BCUT2D eigenvalue weighted by Crippen LogP contribution is 2.11. The molecule has 1 fully saturated rings. The highest BCUT2D eigenvalue weighted by atomic mass is 16.4. The highest BCUT2D eigenvalue weighted by Gasteiger charge is 2.23. The molecule has 0 spiro atoms. The van der Waals surface area contributed by atoms with Crippen LogP contribution in [0, 0.1) is 11.3 Å². The summed E-state index contributed by atoms with van der Waals surface area (Å²) in [5.41, 5.74) is 0. The number of nitrogens with one attached hydrogen (secondary N) is 1. The van der Waals surface area contributed by atoms with Crippen LogP contribution in [0.5, 0.6) is 0 Å². The Morgan fingerprint density at radius 3 is 2.62 bits per heavy atom. The molecule has 16 heavy (non-hydrogen) atoms. The number of nitrogens with zero attached hydrogens (tertiary/aromatic N) is 2. The van der Waals surface area contributed by atoms with E-state index in [4.69, 9.17) is 10.5 Å². The van der Waals surface area contributed by atoms with E-state index in [0.717, 1.165) is 32.6 Å². The lowest BCUT2D eigenvalue weighted by Crippen LogP contribution is -2.33. The lowest BCUT2D eigenvalue weighted by molar-refractivity contribution is -0.141. The summed E-state index contributed by atoms with van der Waals surface area (Å²) in [6.45, 7) is 7.27. The van der Waals surface area contributed by atoms with Gasteiger partial charge in [0.05, 0.1) is 5.92 Å². The Labute approximate surface area is 96.5 Å². The number of carboxylic acids is 1. The van der Waals surface area contributed by atoms with E-state index in [1.165, 1.54) is 0 Å². The molecule has 1 aliphatic rings. The molecule has 0 aromatic carbocycles. The molecule has 0 aromatic heterocycles. The number of carboxylic acid groups (broad SMARTS) is 1. The Balaban J connectivity index is 2.24. The summed E-state index contributed by atoms with van der Waals surface area (Å²) < 4.78 is 0. The third-order valence-corrected chi connectivity index (χ3v) is 3.11. The second-order valence-corrected chi connectivity index (χ2v) is 4.27. The number of guanidine groups is 1. The normalized spacial score (nSPS) is 18.0. The van der Waals surface area contributed by atoms with Crippen LogP contribution in [0.25, 0.3) is 0 Å². The minimum atomic E-state index is -0.730. The smallest absolute Gasteiger partial charge is 0.306 e. The maximum atomic E-state index is 10.6. The number of hydrogen-bond donors (Lipinski definition) is 2. The Kier molecular flexibility index (Phi) is 4.58. The number of hydrogen-bond acceptors (Lipinski definition) is 2. The topological polar surface area (TPSA) is 67.6 Å². The van der Waals surface area contributed by atoms with E-state index >= 15 is 0 Å². The first kappa shape index (κ1) is 12.8. The molecule has 2 N–H and O–H groups in total. The summed E-state index contributed by atoms with van der Waals surface area (Å²) in [5, 5.41) is 16.6. The molecule has 0 amide bonds. The average Bonchev–Trinajstić information content (AvgIpc) is 2.59. The molecule has 1 heterocycles. The van der Waals surface area contributed by atoms with Crippen molar-refractivity contribution in [3.63, 3.8) is 0 Å². The predicted molar refractivity (Wildman–Crippen MR) is 62.6 cm³/mol. The molecule has 1 rings (SSSR count). The summed E-state index contributed by atoms with van der Waals surface area (Å²) in [7, 11) is 0. The monoisotopic (exact) mass is 227 g/mol. The van der Waals surface area contributed by atoms with E-state index in [9.17, 15) is 4.79 Å². The van der Waals surface area contributed by atoms with Crippen molar-refractivity contribution in [2.45, 2.75) is 26.7 Å². The van der Waals surface area contributed by atoms with Crippen molar-refractivity contribution in [2.24, 2.45) is 5.92 Å². The van der Waals surface area contributed by atoms with Crippen LogP contribution in [-0.2, 0) is 4.79 Å². The van der Waals surface area contributed by atoms with Gasteiger partial charge >= 0.3 is 5.97 Å². The summed E-state index contributed by atoms with van der Waals surface area (Å²) >= 11 is 0. The van der Waals surface area contributed by atoms with Crippen molar-refractivity contribution >= 4 is 11.9 Å². The molecular formula is C11H21N3O2. The van der Waals surface area contributed by atoms with E-state index in [2.05, 4.69) is 0 Å². The SMILES string of the molecule is CCN1CCN(CCC[C@H](C)C(=O)O)C1=N. The van der Waals surface area contributed by atoms with Gasteiger partial charge in [0.2, 0.25) is 0 Å². The summed E-state index contributed by atoms with van der Waals surface area (Å²) in [4.78, 5) is 14.7.